The Morgan fingerprint density at radius 2 is 2.18 bits per heavy atom. The number of aromatic nitrogens is 4. The zero-order chi connectivity index (χ0) is 15.9. The van der Waals surface area contributed by atoms with Crippen LogP contribution in [0.4, 0.5) is 5.82 Å². The van der Waals surface area contributed by atoms with Gasteiger partial charge in [-0.25, -0.2) is 15.0 Å². The van der Waals surface area contributed by atoms with Gasteiger partial charge in [-0.2, -0.15) is 0 Å². The monoisotopic (exact) mass is 309 g/mol. The average molecular weight is 309 g/mol. The molecule has 0 spiro atoms. The zero-order valence-corrected chi connectivity index (χ0v) is 11.7. The van der Waals surface area contributed by atoms with Gasteiger partial charge in [0.1, 0.15) is 36.8 Å². The fourth-order valence-electron chi connectivity index (χ4n) is 2.35. The molecule has 0 radical (unpaired) electrons. The van der Waals surface area contributed by atoms with Gasteiger partial charge in [-0.3, -0.25) is 9.36 Å². The largest absolute Gasteiger partial charge is 0.463 e. The van der Waals surface area contributed by atoms with Gasteiger partial charge in [0.2, 0.25) is 0 Å². The molecule has 10 nitrogen and oxygen atoms in total. The van der Waals surface area contributed by atoms with Gasteiger partial charge in [-0.05, 0) is 0 Å². The Morgan fingerprint density at radius 3 is 2.91 bits per heavy atom. The summed E-state index contributed by atoms with van der Waals surface area (Å²) >= 11 is 0. The summed E-state index contributed by atoms with van der Waals surface area (Å²) in [5.41, 5.74) is 6.44. The van der Waals surface area contributed by atoms with Crippen molar-refractivity contribution in [2.75, 3.05) is 12.3 Å². The highest BCUT2D eigenvalue weighted by Gasteiger charge is 2.44. The van der Waals surface area contributed by atoms with Crippen molar-refractivity contribution in [2.24, 2.45) is 0 Å². The number of imidazole rings is 1. The van der Waals surface area contributed by atoms with Crippen LogP contribution in [0, 0.1) is 0 Å². The number of anilines is 1. The second-order valence-electron chi connectivity index (χ2n) is 4.93. The van der Waals surface area contributed by atoms with Crippen molar-refractivity contribution in [1.29, 1.82) is 0 Å². The standard InChI is InChI=1S/C12H15N5O5/c1-5(18)21-2-6-8(19)9(20)12(22-6)17-4-16-7-10(13)14-3-15-11(7)17/h3-4,6,8-9,12,19-20H,2H2,1H3,(H2,13,14,15)/t6-,8-,9-,12-/m1/s1. The summed E-state index contributed by atoms with van der Waals surface area (Å²) < 4.78 is 11.8. The molecule has 0 unspecified atom stereocenters. The van der Waals surface area contributed by atoms with Crippen LogP contribution in [0.15, 0.2) is 12.7 Å². The van der Waals surface area contributed by atoms with Crippen molar-refractivity contribution in [3.63, 3.8) is 0 Å². The number of rotatable bonds is 3. The van der Waals surface area contributed by atoms with Crippen LogP contribution < -0.4 is 5.73 Å². The molecule has 2 aromatic heterocycles. The zero-order valence-electron chi connectivity index (χ0n) is 11.7. The van der Waals surface area contributed by atoms with Crippen LogP contribution in [0.3, 0.4) is 0 Å². The highest BCUT2D eigenvalue weighted by molar-refractivity contribution is 5.81. The van der Waals surface area contributed by atoms with E-state index in [2.05, 4.69) is 15.0 Å². The van der Waals surface area contributed by atoms with Gasteiger partial charge in [-0.15, -0.1) is 0 Å². The van der Waals surface area contributed by atoms with Crippen LogP contribution in [0.1, 0.15) is 13.2 Å². The third-order valence-corrected chi connectivity index (χ3v) is 3.45. The number of esters is 1. The normalized spacial score (nSPS) is 28.1. The number of fused-ring (bicyclic) bond motifs is 1. The van der Waals surface area contributed by atoms with Crippen LogP contribution in [-0.2, 0) is 14.3 Å². The minimum absolute atomic E-state index is 0.159. The average Bonchev–Trinajstić information content (AvgIpc) is 3.01. The SMILES string of the molecule is CC(=O)OC[C@H]1O[C@@H](n2cnc3c(N)ncnc32)[C@H](O)[C@@H]1O. The summed E-state index contributed by atoms with van der Waals surface area (Å²) in [4.78, 5) is 22.8. The Morgan fingerprint density at radius 1 is 1.41 bits per heavy atom. The van der Waals surface area contributed by atoms with Crippen molar-refractivity contribution in [3.05, 3.63) is 12.7 Å². The van der Waals surface area contributed by atoms with E-state index in [1.807, 2.05) is 0 Å². The molecule has 3 rings (SSSR count). The van der Waals surface area contributed by atoms with E-state index in [4.69, 9.17) is 15.2 Å². The predicted octanol–water partition coefficient (Wildman–Crippen LogP) is -1.41. The van der Waals surface area contributed by atoms with E-state index in [1.54, 1.807) is 0 Å². The van der Waals surface area contributed by atoms with Crippen LogP contribution >= 0.6 is 0 Å². The van der Waals surface area contributed by atoms with Gasteiger partial charge in [0.05, 0.1) is 6.33 Å². The van der Waals surface area contributed by atoms with Crippen LogP contribution in [0.5, 0.6) is 0 Å². The summed E-state index contributed by atoms with van der Waals surface area (Å²) in [5.74, 6) is -0.296. The van der Waals surface area contributed by atoms with E-state index in [1.165, 1.54) is 24.1 Å². The maximum atomic E-state index is 10.8. The first-order valence-electron chi connectivity index (χ1n) is 6.57. The number of nitrogens with two attached hydrogens (primary N) is 1. The Kier molecular flexibility index (Phi) is 3.64. The maximum Gasteiger partial charge on any atom is 0.302 e. The molecule has 0 amide bonds. The summed E-state index contributed by atoms with van der Waals surface area (Å²) in [6, 6.07) is 0. The lowest BCUT2D eigenvalue weighted by molar-refractivity contribution is -0.147. The number of aliphatic hydroxyl groups excluding tert-OH is 2. The molecule has 0 aliphatic carbocycles. The highest BCUT2D eigenvalue weighted by atomic mass is 16.6. The molecule has 1 aliphatic heterocycles. The van der Waals surface area contributed by atoms with Crippen molar-refractivity contribution in [3.8, 4) is 0 Å². The van der Waals surface area contributed by atoms with E-state index < -0.39 is 30.5 Å². The smallest absolute Gasteiger partial charge is 0.302 e. The van der Waals surface area contributed by atoms with Crippen LogP contribution in [0.2, 0.25) is 0 Å². The number of ether oxygens (including phenoxy) is 2. The van der Waals surface area contributed by atoms with Gasteiger partial charge >= 0.3 is 5.97 Å². The Labute approximate surface area is 124 Å². The third-order valence-electron chi connectivity index (χ3n) is 3.45. The molecule has 1 fully saturated rings. The minimum atomic E-state index is -1.23. The topological polar surface area (TPSA) is 146 Å². The molecular weight excluding hydrogens is 294 g/mol. The number of aliphatic hydroxyl groups is 2. The Hall–Kier alpha value is -2.30. The summed E-state index contributed by atoms with van der Waals surface area (Å²) in [5, 5.41) is 20.2. The lowest BCUT2D eigenvalue weighted by atomic mass is 10.1. The molecule has 3 heterocycles. The number of hydrogen-bond acceptors (Lipinski definition) is 9. The van der Waals surface area contributed by atoms with E-state index >= 15 is 0 Å². The van der Waals surface area contributed by atoms with Crippen molar-refractivity contribution in [2.45, 2.75) is 31.5 Å². The molecule has 4 atom stereocenters. The van der Waals surface area contributed by atoms with Crippen molar-refractivity contribution in [1.82, 2.24) is 19.5 Å². The quantitative estimate of drug-likeness (QED) is 0.582. The van der Waals surface area contributed by atoms with Gasteiger partial charge < -0.3 is 25.4 Å². The first-order valence-corrected chi connectivity index (χ1v) is 6.57. The molecule has 118 valence electrons. The Bertz CT molecular complexity index is 704. The first-order chi connectivity index (χ1) is 10.5. The molecule has 1 aliphatic rings. The number of nitrogens with zero attached hydrogens (tertiary/aromatic N) is 4. The summed E-state index contributed by atoms with van der Waals surface area (Å²) in [6.07, 6.45) is -1.54. The summed E-state index contributed by atoms with van der Waals surface area (Å²) in [7, 11) is 0. The fraction of sp³-hybridized carbons (Fsp3) is 0.500. The van der Waals surface area contributed by atoms with E-state index in [0.29, 0.717) is 11.2 Å². The molecule has 1 saturated heterocycles. The molecule has 0 saturated carbocycles. The molecular formula is C12H15N5O5. The summed E-state index contributed by atoms with van der Waals surface area (Å²) in [6.45, 7) is 1.09. The van der Waals surface area contributed by atoms with Gasteiger partial charge in [0, 0.05) is 6.92 Å². The highest BCUT2D eigenvalue weighted by Crippen LogP contribution is 2.32. The number of nitrogen functional groups attached to an aromatic ring is 1. The second-order valence-corrected chi connectivity index (χ2v) is 4.93. The number of carbonyl (C=O) groups is 1. The molecule has 10 heteroatoms. The van der Waals surface area contributed by atoms with E-state index in [-0.39, 0.29) is 12.4 Å². The molecule has 4 N–H and O–H groups in total. The lowest BCUT2D eigenvalue weighted by Gasteiger charge is -2.16. The van der Waals surface area contributed by atoms with E-state index in [0.717, 1.165) is 0 Å². The fourth-order valence-corrected chi connectivity index (χ4v) is 2.35. The predicted molar refractivity (Wildman–Crippen MR) is 72.3 cm³/mol. The van der Waals surface area contributed by atoms with E-state index in [9.17, 15) is 15.0 Å². The van der Waals surface area contributed by atoms with Gasteiger partial charge in [0.15, 0.2) is 17.7 Å². The van der Waals surface area contributed by atoms with Crippen LogP contribution in [-0.4, -0.2) is 60.6 Å². The second kappa shape index (κ2) is 5.48. The molecule has 22 heavy (non-hydrogen) atoms. The van der Waals surface area contributed by atoms with Crippen molar-refractivity contribution >= 4 is 23.0 Å². The molecule has 2 aromatic rings. The van der Waals surface area contributed by atoms with Crippen LogP contribution in [0.25, 0.3) is 11.2 Å². The van der Waals surface area contributed by atoms with Gasteiger partial charge in [-0.1, -0.05) is 0 Å². The number of carbonyl (C=O) groups excluding carboxylic acids is 1. The first kappa shape index (κ1) is 14.6. The third kappa shape index (κ3) is 2.36. The minimum Gasteiger partial charge on any atom is -0.463 e. The maximum absolute atomic E-state index is 10.8. The Balaban J connectivity index is 1.87. The van der Waals surface area contributed by atoms with Gasteiger partial charge in [0.25, 0.3) is 0 Å². The van der Waals surface area contributed by atoms with Crippen molar-refractivity contribution < 1.29 is 24.5 Å². The number of hydrogen-bond donors (Lipinski definition) is 3. The molecule has 0 aromatic carbocycles. The lowest BCUT2D eigenvalue weighted by Crippen LogP contribution is -2.34. The molecule has 0 bridgehead atoms.